The Hall–Kier alpha value is -1.89. The average Bonchev–Trinajstić information content (AvgIpc) is 3.03. The normalized spacial score (nSPS) is 27.8. The van der Waals surface area contributed by atoms with Crippen molar-refractivity contribution >= 4 is 11.8 Å². The Morgan fingerprint density at radius 3 is 2.62 bits per heavy atom. The van der Waals surface area contributed by atoms with Crippen LogP contribution in [-0.2, 0) is 11.8 Å². The van der Waals surface area contributed by atoms with Gasteiger partial charge in [0.05, 0.1) is 18.5 Å². The van der Waals surface area contributed by atoms with Gasteiger partial charge >= 0.3 is 0 Å². The van der Waals surface area contributed by atoms with E-state index in [9.17, 15) is 14.7 Å². The predicted octanol–water partition coefficient (Wildman–Crippen LogP) is 0.692. The molecule has 1 saturated carbocycles. The maximum absolute atomic E-state index is 12.6. The van der Waals surface area contributed by atoms with Gasteiger partial charge in [0.1, 0.15) is 5.69 Å². The second-order valence-electron chi connectivity index (χ2n) is 6.97. The average molecular weight is 334 g/mol. The van der Waals surface area contributed by atoms with Crippen molar-refractivity contribution in [1.82, 2.24) is 19.8 Å². The van der Waals surface area contributed by atoms with Crippen LogP contribution < -0.4 is 5.32 Å². The Kier molecular flexibility index (Phi) is 5.18. The van der Waals surface area contributed by atoms with E-state index in [2.05, 4.69) is 10.3 Å². The molecule has 3 rings (SSSR count). The molecule has 24 heavy (non-hydrogen) atoms. The van der Waals surface area contributed by atoms with Crippen LogP contribution in [0.5, 0.6) is 0 Å². The van der Waals surface area contributed by atoms with Crippen LogP contribution in [0, 0.1) is 5.92 Å². The summed E-state index contributed by atoms with van der Waals surface area (Å²) in [6, 6.07) is -0.315. The van der Waals surface area contributed by atoms with E-state index < -0.39 is 6.10 Å². The van der Waals surface area contributed by atoms with Crippen molar-refractivity contribution in [2.45, 2.75) is 50.7 Å². The molecule has 1 aromatic heterocycles. The number of carbonyl (C=O) groups excluding carboxylic acids is 2. The van der Waals surface area contributed by atoms with Crippen LogP contribution in [0.3, 0.4) is 0 Å². The Balaban J connectivity index is 1.53. The molecule has 0 radical (unpaired) electrons. The fraction of sp³-hybridized carbons (Fsp3) is 0.706. The van der Waals surface area contributed by atoms with E-state index in [0.717, 1.165) is 25.9 Å². The first-order valence-electron chi connectivity index (χ1n) is 8.80. The highest BCUT2D eigenvalue weighted by Crippen LogP contribution is 2.27. The van der Waals surface area contributed by atoms with Crippen LogP contribution >= 0.6 is 0 Å². The zero-order valence-corrected chi connectivity index (χ0v) is 14.1. The molecule has 2 fully saturated rings. The summed E-state index contributed by atoms with van der Waals surface area (Å²) in [7, 11) is 1.80. The smallest absolute Gasteiger partial charge is 0.271 e. The van der Waals surface area contributed by atoms with Crippen molar-refractivity contribution in [2.24, 2.45) is 13.0 Å². The van der Waals surface area contributed by atoms with E-state index in [-0.39, 0.29) is 23.8 Å². The van der Waals surface area contributed by atoms with Gasteiger partial charge in [0, 0.05) is 32.3 Å². The molecule has 1 aliphatic carbocycles. The minimum atomic E-state index is -0.690. The molecule has 2 amide bonds. The monoisotopic (exact) mass is 334 g/mol. The molecule has 7 nitrogen and oxygen atoms in total. The largest absolute Gasteiger partial charge is 0.391 e. The number of carbonyl (C=O) groups is 2. The van der Waals surface area contributed by atoms with Crippen LogP contribution in [0.25, 0.3) is 0 Å². The number of aromatic nitrogens is 2. The number of amides is 2. The van der Waals surface area contributed by atoms with Crippen LogP contribution in [0.15, 0.2) is 12.5 Å². The summed E-state index contributed by atoms with van der Waals surface area (Å²) in [6.45, 7) is 1.68. The summed E-state index contributed by atoms with van der Waals surface area (Å²) >= 11 is 0. The van der Waals surface area contributed by atoms with Gasteiger partial charge in [-0.1, -0.05) is 0 Å². The van der Waals surface area contributed by atoms with Gasteiger partial charge in [-0.05, 0) is 38.5 Å². The van der Waals surface area contributed by atoms with Gasteiger partial charge in [0.15, 0.2) is 0 Å². The van der Waals surface area contributed by atoms with Crippen LogP contribution in [0.1, 0.15) is 49.0 Å². The molecular weight excluding hydrogens is 308 g/mol. The summed E-state index contributed by atoms with van der Waals surface area (Å²) in [4.78, 5) is 30.7. The van der Waals surface area contributed by atoms with Crippen molar-refractivity contribution in [3.05, 3.63) is 18.2 Å². The zero-order valence-electron chi connectivity index (χ0n) is 14.1. The number of piperidine rings is 1. The number of aliphatic hydroxyl groups excluding tert-OH is 1. The molecule has 7 heteroatoms. The van der Waals surface area contributed by atoms with Gasteiger partial charge in [-0.15, -0.1) is 0 Å². The summed E-state index contributed by atoms with van der Waals surface area (Å²) in [5.74, 6) is -0.232. The first-order chi connectivity index (χ1) is 11.5. The highest BCUT2D eigenvalue weighted by molar-refractivity contribution is 5.92. The number of nitrogens with one attached hydrogen (secondary N) is 1. The van der Waals surface area contributed by atoms with Gasteiger partial charge < -0.3 is 19.9 Å². The van der Waals surface area contributed by atoms with Crippen molar-refractivity contribution in [3.63, 3.8) is 0 Å². The molecule has 0 aromatic carbocycles. The lowest BCUT2D eigenvalue weighted by atomic mass is 9.82. The van der Waals surface area contributed by atoms with Crippen molar-refractivity contribution in [1.29, 1.82) is 0 Å². The molecule has 0 spiro atoms. The molecule has 2 heterocycles. The minimum Gasteiger partial charge on any atom is -0.391 e. The van der Waals surface area contributed by atoms with Crippen molar-refractivity contribution < 1.29 is 14.7 Å². The predicted molar refractivity (Wildman–Crippen MR) is 88.2 cm³/mol. The molecule has 1 aromatic rings. The standard InChI is InChI=1S/C17H26N4O3/c1-20-10-14(18-11-20)16(23)19-13-6-5-12(9-15(13)22)17(24)21-7-3-2-4-8-21/h10-13,15,22H,2-9H2,1H3,(H,19,23)/t12-,13-,15-/m0/s1. The van der Waals surface area contributed by atoms with E-state index in [0.29, 0.717) is 25.0 Å². The number of imidazole rings is 1. The molecule has 0 bridgehead atoms. The van der Waals surface area contributed by atoms with Crippen LogP contribution in [0.2, 0.25) is 0 Å². The number of aryl methyl sites for hydroxylation is 1. The Labute approximate surface area is 142 Å². The number of hydrogen-bond acceptors (Lipinski definition) is 4. The first kappa shape index (κ1) is 17.0. The second-order valence-corrected chi connectivity index (χ2v) is 6.97. The number of likely N-dealkylation sites (tertiary alicyclic amines) is 1. The quantitative estimate of drug-likeness (QED) is 0.851. The summed E-state index contributed by atoms with van der Waals surface area (Å²) in [6.07, 6.45) is 7.61. The highest BCUT2D eigenvalue weighted by atomic mass is 16.3. The van der Waals surface area contributed by atoms with Gasteiger partial charge in [-0.2, -0.15) is 0 Å². The third-order valence-electron chi connectivity index (χ3n) is 5.09. The summed E-state index contributed by atoms with van der Waals surface area (Å²) in [5.41, 5.74) is 0.344. The van der Waals surface area contributed by atoms with E-state index in [1.54, 1.807) is 24.1 Å². The van der Waals surface area contributed by atoms with Crippen molar-refractivity contribution in [3.8, 4) is 0 Å². The number of nitrogens with zero attached hydrogens (tertiary/aromatic N) is 3. The van der Waals surface area contributed by atoms with E-state index in [1.807, 2.05) is 4.90 Å². The van der Waals surface area contributed by atoms with Crippen LogP contribution in [0.4, 0.5) is 0 Å². The fourth-order valence-corrected chi connectivity index (χ4v) is 3.68. The molecule has 2 N–H and O–H groups in total. The number of hydrogen-bond donors (Lipinski definition) is 2. The van der Waals surface area contributed by atoms with E-state index >= 15 is 0 Å². The lowest BCUT2D eigenvalue weighted by molar-refractivity contribution is -0.139. The zero-order chi connectivity index (χ0) is 17.1. The Bertz CT molecular complexity index is 594. The number of aliphatic hydroxyl groups is 1. The third-order valence-corrected chi connectivity index (χ3v) is 5.09. The lowest BCUT2D eigenvalue weighted by Crippen LogP contribution is -2.50. The highest BCUT2D eigenvalue weighted by Gasteiger charge is 2.35. The summed E-state index contributed by atoms with van der Waals surface area (Å²) in [5, 5.41) is 13.2. The molecule has 3 atom stereocenters. The fourth-order valence-electron chi connectivity index (χ4n) is 3.68. The minimum absolute atomic E-state index is 0.124. The maximum Gasteiger partial charge on any atom is 0.271 e. The van der Waals surface area contributed by atoms with Crippen molar-refractivity contribution in [2.75, 3.05) is 13.1 Å². The molecule has 0 unspecified atom stereocenters. The lowest BCUT2D eigenvalue weighted by Gasteiger charge is -2.36. The third kappa shape index (κ3) is 3.77. The molecule has 1 aliphatic heterocycles. The van der Waals surface area contributed by atoms with Gasteiger partial charge in [-0.3, -0.25) is 9.59 Å². The molecule has 132 valence electrons. The first-order valence-corrected chi connectivity index (χ1v) is 8.80. The topological polar surface area (TPSA) is 87.5 Å². The SMILES string of the molecule is Cn1cnc(C(=O)N[C@H]2CC[C@H](C(=O)N3CCCCC3)C[C@@H]2O)c1. The molecular formula is C17H26N4O3. The Morgan fingerprint density at radius 1 is 1.25 bits per heavy atom. The maximum atomic E-state index is 12.6. The Morgan fingerprint density at radius 2 is 2.00 bits per heavy atom. The van der Waals surface area contributed by atoms with Gasteiger partial charge in [0.2, 0.25) is 5.91 Å². The van der Waals surface area contributed by atoms with E-state index in [1.165, 1.54) is 6.42 Å². The van der Waals surface area contributed by atoms with Gasteiger partial charge in [0.25, 0.3) is 5.91 Å². The van der Waals surface area contributed by atoms with E-state index in [4.69, 9.17) is 0 Å². The summed E-state index contributed by atoms with van der Waals surface area (Å²) < 4.78 is 1.71. The second kappa shape index (κ2) is 7.34. The molecule has 2 aliphatic rings. The van der Waals surface area contributed by atoms with Gasteiger partial charge in [-0.25, -0.2) is 4.98 Å². The molecule has 1 saturated heterocycles. The van der Waals surface area contributed by atoms with Crippen LogP contribution in [-0.4, -0.2) is 56.6 Å². The number of rotatable bonds is 3.